The summed E-state index contributed by atoms with van der Waals surface area (Å²) >= 11 is 0. The van der Waals surface area contributed by atoms with Crippen LogP contribution in [-0.4, -0.2) is 17.8 Å². The summed E-state index contributed by atoms with van der Waals surface area (Å²) in [6.45, 7) is 6.72. The van der Waals surface area contributed by atoms with Crippen molar-refractivity contribution < 1.29 is 9.52 Å². The number of hydrogen-bond donors (Lipinski definition) is 2. The van der Waals surface area contributed by atoms with Crippen LogP contribution in [0.3, 0.4) is 0 Å². The Morgan fingerprint density at radius 2 is 2.00 bits per heavy atom. The highest BCUT2D eigenvalue weighted by Gasteiger charge is 2.19. The van der Waals surface area contributed by atoms with Crippen LogP contribution in [0.25, 0.3) is 11.0 Å². The maximum Gasteiger partial charge on any atom is 0.134 e. The summed E-state index contributed by atoms with van der Waals surface area (Å²) in [5, 5.41) is 13.7. The maximum absolute atomic E-state index is 8.90. The van der Waals surface area contributed by atoms with Gasteiger partial charge in [0.1, 0.15) is 11.3 Å². The number of hydrogen-bond acceptors (Lipinski definition) is 3. The number of aliphatic hydroxyl groups excluding tert-OH is 1. The molecular weight excluding hydrogens is 250 g/mol. The largest absolute Gasteiger partial charge is 0.459 e. The molecule has 0 bridgehead atoms. The van der Waals surface area contributed by atoms with Gasteiger partial charge in [-0.05, 0) is 39.2 Å². The lowest BCUT2D eigenvalue weighted by molar-refractivity contribution is 0.272. The van der Waals surface area contributed by atoms with Crippen molar-refractivity contribution in [2.45, 2.75) is 52.1 Å². The Morgan fingerprint density at radius 1 is 1.25 bits per heavy atom. The van der Waals surface area contributed by atoms with Crippen LogP contribution in [0, 0.1) is 0 Å². The van der Waals surface area contributed by atoms with E-state index in [-0.39, 0.29) is 12.6 Å². The van der Waals surface area contributed by atoms with Gasteiger partial charge in [0.05, 0.1) is 6.04 Å². The van der Waals surface area contributed by atoms with E-state index in [4.69, 9.17) is 9.52 Å². The number of aryl methyl sites for hydroxylation is 1. The molecule has 0 radical (unpaired) electrons. The van der Waals surface area contributed by atoms with Crippen LogP contribution in [0.5, 0.6) is 0 Å². The Kier molecular flexibility index (Phi) is 5.21. The van der Waals surface area contributed by atoms with Crippen LogP contribution in [0.4, 0.5) is 0 Å². The third-order valence-electron chi connectivity index (χ3n) is 3.81. The highest BCUT2D eigenvalue weighted by atomic mass is 16.3. The van der Waals surface area contributed by atoms with E-state index in [1.165, 1.54) is 10.9 Å². The molecule has 1 aromatic carbocycles. The van der Waals surface area contributed by atoms with E-state index in [2.05, 4.69) is 38.2 Å². The number of furan rings is 1. The summed E-state index contributed by atoms with van der Waals surface area (Å²) in [4.78, 5) is 0. The molecule has 20 heavy (non-hydrogen) atoms. The minimum atomic E-state index is 0.186. The summed E-state index contributed by atoms with van der Waals surface area (Å²) < 4.78 is 6.05. The first kappa shape index (κ1) is 15.1. The SMILES string of the molecule is CCc1c(C(C)NC(C)CCCO)oc2ccccc12. The predicted molar refractivity (Wildman–Crippen MR) is 82.9 cm³/mol. The number of nitrogens with one attached hydrogen (secondary N) is 1. The smallest absolute Gasteiger partial charge is 0.134 e. The molecule has 110 valence electrons. The van der Waals surface area contributed by atoms with E-state index < -0.39 is 0 Å². The van der Waals surface area contributed by atoms with Gasteiger partial charge in [-0.3, -0.25) is 0 Å². The van der Waals surface area contributed by atoms with Crippen molar-refractivity contribution in [2.75, 3.05) is 6.61 Å². The van der Waals surface area contributed by atoms with Crippen LogP contribution >= 0.6 is 0 Å². The van der Waals surface area contributed by atoms with E-state index >= 15 is 0 Å². The minimum Gasteiger partial charge on any atom is -0.459 e. The second-order valence-corrected chi connectivity index (χ2v) is 5.45. The average molecular weight is 275 g/mol. The fourth-order valence-corrected chi connectivity index (χ4v) is 2.82. The zero-order chi connectivity index (χ0) is 14.5. The molecule has 3 heteroatoms. The van der Waals surface area contributed by atoms with E-state index in [9.17, 15) is 0 Å². The standard InChI is InChI=1S/C17H25NO2/c1-4-14-15-9-5-6-10-16(15)20-17(14)13(3)18-12(2)8-7-11-19/h5-6,9-10,12-13,18-19H,4,7-8,11H2,1-3H3. The molecule has 1 heterocycles. The molecule has 0 fully saturated rings. The van der Waals surface area contributed by atoms with Gasteiger partial charge in [0, 0.05) is 23.6 Å². The molecule has 2 N–H and O–H groups in total. The molecule has 0 spiro atoms. The predicted octanol–water partition coefficient (Wildman–Crippen LogP) is 3.81. The first-order valence-electron chi connectivity index (χ1n) is 7.54. The highest BCUT2D eigenvalue weighted by molar-refractivity contribution is 5.82. The lowest BCUT2D eigenvalue weighted by Crippen LogP contribution is -2.29. The minimum absolute atomic E-state index is 0.186. The van der Waals surface area contributed by atoms with Crippen molar-refractivity contribution in [1.82, 2.24) is 5.32 Å². The van der Waals surface area contributed by atoms with E-state index in [1.54, 1.807) is 0 Å². The molecular formula is C17H25NO2. The zero-order valence-electron chi connectivity index (χ0n) is 12.6. The molecule has 0 amide bonds. The molecule has 0 aliphatic carbocycles. The Bertz CT molecular complexity index is 547. The van der Waals surface area contributed by atoms with Gasteiger partial charge in [0.15, 0.2) is 0 Å². The number of benzene rings is 1. The molecule has 1 aromatic heterocycles. The van der Waals surface area contributed by atoms with Crippen molar-refractivity contribution >= 4 is 11.0 Å². The van der Waals surface area contributed by atoms with E-state index in [1.807, 2.05) is 12.1 Å². The van der Waals surface area contributed by atoms with Crippen LogP contribution in [-0.2, 0) is 6.42 Å². The van der Waals surface area contributed by atoms with Crippen molar-refractivity contribution in [2.24, 2.45) is 0 Å². The molecule has 0 aliphatic heterocycles. The van der Waals surface area contributed by atoms with Crippen LogP contribution in [0.2, 0.25) is 0 Å². The summed E-state index contributed by atoms with van der Waals surface area (Å²) in [6.07, 6.45) is 2.79. The highest BCUT2D eigenvalue weighted by Crippen LogP contribution is 2.30. The summed E-state index contributed by atoms with van der Waals surface area (Å²) in [7, 11) is 0. The first-order chi connectivity index (χ1) is 9.67. The second kappa shape index (κ2) is 6.91. The molecule has 2 atom stereocenters. The Labute approximate surface area is 121 Å². The van der Waals surface area contributed by atoms with Crippen LogP contribution in [0.1, 0.15) is 51.0 Å². The number of rotatable bonds is 7. The van der Waals surface area contributed by atoms with E-state index in [0.717, 1.165) is 30.6 Å². The Balaban J connectivity index is 2.19. The van der Waals surface area contributed by atoms with Gasteiger partial charge in [0.2, 0.25) is 0 Å². The van der Waals surface area contributed by atoms with Crippen molar-refractivity contribution in [3.63, 3.8) is 0 Å². The van der Waals surface area contributed by atoms with Crippen molar-refractivity contribution in [3.8, 4) is 0 Å². The van der Waals surface area contributed by atoms with E-state index in [0.29, 0.717) is 6.04 Å². The summed E-state index contributed by atoms with van der Waals surface area (Å²) in [5.41, 5.74) is 2.27. The maximum atomic E-state index is 8.90. The second-order valence-electron chi connectivity index (χ2n) is 5.45. The molecule has 2 unspecified atom stereocenters. The number of fused-ring (bicyclic) bond motifs is 1. The topological polar surface area (TPSA) is 45.4 Å². The van der Waals surface area contributed by atoms with Crippen LogP contribution < -0.4 is 5.32 Å². The fourth-order valence-electron chi connectivity index (χ4n) is 2.82. The van der Waals surface area contributed by atoms with Gasteiger partial charge in [-0.1, -0.05) is 25.1 Å². The summed E-state index contributed by atoms with van der Waals surface area (Å²) in [6, 6.07) is 8.78. The van der Waals surface area contributed by atoms with Crippen LogP contribution in [0.15, 0.2) is 28.7 Å². The van der Waals surface area contributed by atoms with Gasteiger partial charge in [-0.15, -0.1) is 0 Å². The van der Waals surface area contributed by atoms with Gasteiger partial charge >= 0.3 is 0 Å². The zero-order valence-corrected chi connectivity index (χ0v) is 12.6. The Morgan fingerprint density at radius 3 is 2.70 bits per heavy atom. The summed E-state index contributed by atoms with van der Waals surface area (Å²) in [5.74, 6) is 1.05. The lowest BCUT2D eigenvalue weighted by atomic mass is 10.0. The molecule has 0 saturated carbocycles. The third kappa shape index (κ3) is 3.22. The fraction of sp³-hybridized carbons (Fsp3) is 0.529. The molecule has 0 aliphatic rings. The molecule has 3 nitrogen and oxygen atoms in total. The van der Waals surface area contributed by atoms with Gasteiger partial charge < -0.3 is 14.8 Å². The van der Waals surface area contributed by atoms with Gasteiger partial charge in [0.25, 0.3) is 0 Å². The quantitative estimate of drug-likeness (QED) is 0.807. The Hall–Kier alpha value is -1.32. The lowest BCUT2D eigenvalue weighted by Gasteiger charge is -2.19. The monoisotopic (exact) mass is 275 g/mol. The molecule has 2 rings (SSSR count). The normalized spacial score (nSPS) is 14.6. The van der Waals surface area contributed by atoms with Crippen molar-refractivity contribution in [3.05, 3.63) is 35.6 Å². The molecule has 2 aromatic rings. The number of aliphatic hydroxyl groups is 1. The third-order valence-corrected chi connectivity index (χ3v) is 3.81. The number of para-hydroxylation sites is 1. The van der Waals surface area contributed by atoms with Gasteiger partial charge in [-0.25, -0.2) is 0 Å². The first-order valence-corrected chi connectivity index (χ1v) is 7.54. The molecule has 0 saturated heterocycles. The van der Waals surface area contributed by atoms with Crippen molar-refractivity contribution in [1.29, 1.82) is 0 Å². The van der Waals surface area contributed by atoms with Gasteiger partial charge in [-0.2, -0.15) is 0 Å². The average Bonchev–Trinajstić information content (AvgIpc) is 2.83.